The lowest BCUT2D eigenvalue weighted by Gasteiger charge is -2.20. The third-order valence-corrected chi connectivity index (χ3v) is 7.23. The maximum Gasteiger partial charge on any atom is 0.254 e. The second-order valence-electron chi connectivity index (χ2n) is 9.76. The molecule has 0 bridgehead atoms. The molecule has 0 aliphatic heterocycles. The van der Waals surface area contributed by atoms with Crippen LogP contribution in [0.2, 0.25) is 10.2 Å². The van der Waals surface area contributed by atoms with Crippen LogP contribution in [-0.2, 0) is 17.8 Å². The molecule has 42 heavy (non-hydrogen) atoms. The van der Waals surface area contributed by atoms with Crippen LogP contribution in [0.3, 0.4) is 0 Å². The number of aromatic nitrogens is 7. The molecular weight excluding hydrogens is 575 g/mol. The van der Waals surface area contributed by atoms with Crippen molar-refractivity contribution in [1.29, 1.82) is 0 Å². The summed E-state index contributed by atoms with van der Waals surface area (Å²) in [6.07, 6.45) is 3.23. The highest BCUT2D eigenvalue weighted by molar-refractivity contribution is 6.31. The molecular formula is C30H24Cl2N8O2. The van der Waals surface area contributed by atoms with Gasteiger partial charge in [0.1, 0.15) is 11.9 Å². The van der Waals surface area contributed by atoms with Crippen molar-refractivity contribution in [3.63, 3.8) is 0 Å². The second-order valence-corrected chi connectivity index (χ2v) is 10.6. The molecule has 6 rings (SSSR count). The Labute approximate surface area is 250 Å². The molecule has 3 heterocycles. The Hall–Kier alpha value is -4.80. The lowest BCUT2D eigenvalue weighted by molar-refractivity contribution is -0.124. The van der Waals surface area contributed by atoms with Crippen molar-refractivity contribution in [2.24, 2.45) is 0 Å². The highest BCUT2D eigenvalue weighted by Crippen LogP contribution is 2.28. The highest BCUT2D eigenvalue weighted by Gasteiger charge is 2.23. The van der Waals surface area contributed by atoms with Gasteiger partial charge >= 0.3 is 0 Å². The van der Waals surface area contributed by atoms with Gasteiger partial charge in [-0.1, -0.05) is 64.8 Å². The molecule has 3 aromatic heterocycles. The van der Waals surface area contributed by atoms with Crippen LogP contribution >= 0.6 is 23.2 Å². The Morgan fingerprint density at radius 3 is 2.62 bits per heavy atom. The fourth-order valence-electron chi connectivity index (χ4n) is 4.82. The van der Waals surface area contributed by atoms with Gasteiger partial charge in [-0.15, -0.1) is 5.10 Å². The van der Waals surface area contributed by atoms with E-state index < -0.39 is 11.6 Å². The van der Waals surface area contributed by atoms with E-state index in [1.54, 1.807) is 24.4 Å². The summed E-state index contributed by atoms with van der Waals surface area (Å²) in [5.41, 5.74) is 4.67. The summed E-state index contributed by atoms with van der Waals surface area (Å²) in [6.45, 7) is 2.18. The van der Waals surface area contributed by atoms with Crippen molar-refractivity contribution >= 4 is 40.1 Å². The summed E-state index contributed by atoms with van der Waals surface area (Å²) in [5, 5.41) is 11.5. The number of H-pyrrole nitrogens is 1. The quantitative estimate of drug-likeness (QED) is 0.252. The first kappa shape index (κ1) is 27.4. The number of benzene rings is 3. The Morgan fingerprint density at radius 1 is 1.02 bits per heavy atom. The van der Waals surface area contributed by atoms with Gasteiger partial charge in [-0.05, 0) is 48.4 Å². The number of aromatic amines is 1. The SMILES string of the molecule is Cc1nc2ccc(CNC(=O)[C@H](Cc3ccccc3)n3cnc(-c4cc(Cl)ccc4-n4cc(Cl)nn4)cc3=O)cc2[nH]1. The Bertz CT molecular complexity index is 1970. The molecule has 0 aliphatic carbocycles. The molecule has 0 spiro atoms. The number of amides is 1. The fourth-order valence-corrected chi connectivity index (χ4v) is 5.12. The molecule has 1 atom stereocenters. The number of halogens is 2. The van der Waals surface area contributed by atoms with E-state index in [0.717, 1.165) is 28.0 Å². The molecule has 6 aromatic rings. The number of nitrogens with zero attached hydrogens (tertiary/aromatic N) is 6. The first-order chi connectivity index (χ1) is 20.3. The Kier molecular flexibility index (Phi) is 7.56. The molecule has 0 saturated carbocycles. The monoisotopic (exact) mass is 598 g/mol. The number of imidazole rings is 1. The van der Waals surface area contributed by atoms with Crippen LogP contribution in [0.1, 0.15) is 23.0 Å². The zero-order chi connectivity index (χ0) is 29.2. The molecule has 1 amide bonds. The number of fused-ring (bicyclic) bond motifs is 1. The van der Waals surface area contributed by atoms with E-state index in [1.807, 2.05) is 55.5 Å². The number of carbonyl (C=O) groups is 1. The van der Waals surface area contributed by atoms with Gasteiger partial charge in [-0.2, -0.15) is 0 Å². The summed E-state index contributed by atoms with van der Waals surface area (Å²) < 4.78 is 2.83. The van der Waals surface area contributed by atoms with E-state index in [-0.39, 0.29) is 17.6 Å². The summed E-state index contributed by atoms with van der Waals surface area (Å²) in [6, 6.07) is 21.0. The number of aryl methyl sites for hydroxylation is 1. The third-order valence-electron chi connectivity index (χ3n) is 6.82. The summed E-state index contributed by atoms with van der Waals surface area (Å²) in [4.78, 5) is 39.4. The summed E-state index contributed by atoms with van der Waals surface area (Å²) in [5.74, 6) is 0.511. The molecule has 12 heteroatoms. The van der Waals surface area contributed by atoms with E-state index >= 15 is 0 Å². The molecule has 0 fully saturated rings. The molecule has 0 aliphatic rings. The highest BCUT2D eigenvalue weighted by atomic mass is 35.5. The molecule has 10 nitrogen and oxygen atoms in total. The van der Waals surface area contributed by atoms with Gasteiger partial charge in [0.2, 0.25) is 5.91 Å². The number of carbonyl (C=O) groups excluding carboxylic acids is 1. The van der Waals surface area contributed by atoms with Crippen molar-refractivity contribution in [2.75, 3.05) is 0 Å². The summed E-state index contributed by atoms with van der Waals surface area (Å²) >= 11 is 12.3. The predicted octanol–water partition coefficient (Wildman–Crippen LogP) is 5.08. The lowest BCUT2D eigenvalue weighted by Crippen LogP contribution is -2.38. The van der Waals surface area contributed by atoms with Crippen molar-refractivity contribution in [1.82, 2.24) is 39.8 Å². The molecule has 2 N–H and O–H groups in total. The predicted molar refractivity (Wildman–Crippen MR) is 161 cm³/mol. The van der Waals surface area contributed by atoms with Crippen LogP contribution in [0, 0.1) is 6.92 Å². The largest absolute Gasteiger partial charge is 0.350 e. The molecule has 0 unspecified atom stereocenters. The third kappa shape index (κ3) is 5.81. The van der Waals surface area contributed by atoms with E-state index in [0.29, 0.717) is 28.4 Å². The molecule has 3 aromatic carbocycles. The first-order valence-corrected chi connectivity index (χ1v) is 13.8. The fraction of sp³-hybridized carbons (Fsp3) is 0.133. The smallest absolute Gasteiger partial charge is 0.254 e. The second kappa shape index (κ2) is 11.6. The number of nitrogens with one attached hydrogen (secondary N) is 2. The zero-order valence-corrected chi connectivity index (χ0v) is 23.8. The van der Waals surface area contributed by atoms with Gasteiger partial charge in [0, 0.05) is 29.6 Å². The van der Waals surface area contributed by atoms with Crippen LogP contribution in [0.15, 0.2) is 90.1 Å². The van der Waals surface area contributed by atoms with Crippen LogP contribution in [-0.4, -0.2) is 40.4 Å². The van der Waals surface area contributed by atoms with E-state index in [9.17, 15) is 9.59 Å². The topological polar surface area (TPSA) is 123 Å². The van der Waals surface area contributed by atoms with Gasteiger partial charge in [0.25, 0.3) is 5.56 Å². The van der Waals surface area contributed by atoms with Crippen LogP contribution in [0.5, 0.6) is 0 Å². The average Bonchev–Trinajstić information content (AvgIpc) is 3.59. The van der Waals surface area contributed by atoms with Gasteiger partial charge in [0.05, 0.1) is 34.9 Å². The lowest BCUT2D eigenvalue weighted by atomic mass is 10.0. The minimum Gasteiger partial charge on any atom is -0.350 e. The Morgan fingerprint density at radius 2 is 1.86 bits per heavy atom. The van der Waals surface area contributed by atoms with Crippen molar-refractivity contribution < 1.29 is 4.79 Å². The van der Waals surface area contributed by atoms with Gasteiger partial charge < -0.3 is 10.3 Å². The van der Waals surface area contributed by atoms with Crippen molar-refractivity contribution in [3.05, 3.63) is 123 Å². The minimum absolute atomic E-state index is 0.216. The Balaban J connectivity index is 1.31. The first-order valence-electron chi connectivity index (χ1n) is 13.1. The number of hydrogen-bond acceptors (Lipinski definition) is 6. The maximum atomic E-state index is 13.6. The molecule has 0 radical (unpaired) electrons. The van der Waals surface area contributed by atoms with Crippen molar-refractivity contribution in [2.45, 2.75) is 25.9 Å². The number of hydrogen-bond donors (Lipinski definition) is 2. The van der Waals surface area contributed by atoms with Gasteiger partial charge in [0.15, 0.2) is 5.15 Å². The molecule has 0 saturated heterocycles. The van der Waals surface area contributed by atoms with Gasteiger partial charge in [-0.3, -0.25) is 14.2 Å². The van der Waals surface area contributed by atoms with Crippen LogP contribution < -0.4 is 10.9 Å². The van der Waals surface area contributed by atoms with Crippen LogP contribution in [0.25, 0.3) is 28.0 Å². The normalized spacial score (nSPS) is 12.0. The zero-order valence-electron chi connectivity index (χ0n) is 22.3. The van der Waals surface area contributed by atoms with Crippen molar-refractivity contribution in [3.8, 4) is 16.9 Å². The number of rotatable bonds is 8. The van der Waals surface area contributed by atoms with Crippen LogP contribution in [0.4, 0.5) is 0 Å². The van der Waals surface area contributed by atoms with E-state index in [4.69, 9.17) is 23.2 Å². The van der Waals surface area contributed by atoms with E-state index in [2.05, 4.69) is 30.6 Å². The maximum absolute atomic E-state index is 13.6. The standard InChI is InChI=1S/C30H24Cl2N8O2/c1-18-35-23-9-7-20(11-25(23)36-18)15-33-30(42)27(12-19-5-3-2-4-6-19)39-17-34-24(14-29(39)41)22-13-21(31)8-10-26(22)40-16-28(32)37-38-40/h2-11,13-14,16-17,27H,12,15H2,1H3,(H,33,42)(H,35,36)/t27-/m0/s1. The average molecular weight is 599 g/mol. The minimum atomic E-state index is -0.840. The summed E-state index contributed by atoms with van der Waals surface area (Å²) in [7, 11) is 0. The van der Waals surface area contributed by atoms with Gasteiger partial charge in [-0.25, -0.2) is 14.6 Å². The van der Waals surface area contributed by atoms with E-state index in [1.165, 1.54) is 21.6 Å². The molecule has 210 valence electrons.